The third kappa shape index (κ3) is 3.18. The molecule has 2 amide bonds. The number of carboxylic acids is 1. The van der Waals surface area contributed by atoms with Gasteiger partial charge in [0, 0.05) is 12.6 Å². The molecule has 0 spiro atoms. The lowest BCUT2D eigenvalue weighted by atomic mass is 10.2. The third-order valence-corrected chi connectivity index (χ3v) is 3.08. The van der Waals surface area contributed by atoms with Gasteiger partial charge in [0.25, 0.3) is 0 Å². The van der Waals surface area contributed by atoms with E-state index < -0.39 is 12.0 Å². The molecule has 20 heavy (non-hydrogen) atoms. The van der Waals surface area contributed by atoms with E-state index >= 15 is 0 Å². The normalized spacial score (nSPS) is 13.8. The molecule has 0 unspecified atom stereocenters. The van der Waals surface area contributed by atoms with Gasteiger partial charge in [-0.05, 0) is 31.0 Å². The molecule has 0 heterocycles. The van der Waals surface area contributed by atoms with Crippen LogP contribution in [0.4, 0.5) is 10.5 Å². The van der Waals surface area contributed by atoms with Crippen molar-refractivity contribution in [1.29, 1.82) is 0 Å². The van der Waals surface area contributed by atoms with Crippen molar-refractivity contribution in [3.05, 3.63) is 23.8 Å². The van der Waals surface area contributed by atoms with Gasteiger partial charge >= 0.3 is 12.0 Å². The van der Waals surface area contributed by atoms with E-state index in [1.54, 1.807) is 0 Å². The highest BCUT2D eigenvalue weighted by Crippen LogP contribution is 2.29. The second-order valence-corrected chi connectivity index (χ2v) is 4.62. The molecule has 1 aliphatic carbocycles. The largest absolute Gasteiger partial charge is 0.506 e. The fourth-order valence-corrected chi connectivity index (χ4v) is 1.90. The monoisotopic (exact) mass is 280 g/mol. The molecular weight excluding hydrogens is 264 g/mol. The van der Waals surface area contributed by atoms with Gasteiger partial charge in [-0.1, -0.05) is 0 Å². The van der Waals surface area contributed by atoms with Gasteiger partial charge in [-0.15, -0.1) is 0 Å². The number of hydrogen-bond acceptors (Lipinski definition) is 4. The van der Waals surface area contributed by atoms with E-state index in [-0.39, 0.29) is 36.2 Å². The number of phenols is 1. The third-order valence-electron chi connectivity index (χ3n) is 3.08. The Bertz CT molecular complexity index is 527. The fourth-order valence-electron chi connectivity index (χ4n) is 1.90. The van der Waals surface area contributed by atoms with Gasteiger partial charge in [0.05, 0.1) is 17.9 Å². The molecule has 108 valence electrons. The molecule has 1 aromatic carbocycles. The van der Waals surface area contributed by atoms with Crippen LogP contribution in [0.15, 0.2) is 18.2 Å². The predicted molar refractivity (Wildman–Crippen MR) is 70.9 cm³/mol. The zero-order valence-corrected chi connectivity index (χ0v) is 10.7. The first-order valence-corrected chi connectivity index (χ1v) is 6.27. The lowest BCUT2D eigenvalue weighted by molar-refractivity contribution is 0.0696. The minimum absolute atomic E-state index is 0.0603. The quantitative estimate of drug-likeness (QED) is 0.603. The van der Waals surface area contributed by atoms with Crippen LogP contribution in [0.1, 0.15) is 23.2 Å². The van der Waals surface area contributed by atoms with Crippen molar-refractivity contribution in [3.8, 4) is 5.75 Å². The lowest BCUT2D eigenvalue weighted by Gasteiger charge is -2.22. The van der Waals surface area contributed by atoms with E-state index in [0.717, 1.165) is 18.9 Å². The number of aromatic carboxylic acids is 1. The minimum atomic E-state index is -1.15. The Morgan fingerprint density at radius 1 is 1.35 bits per heavy atom. The first-order valence-electron chi connectivity index (χ1n) is 6.27. The number of benzene rings is 1. The van der Waals surface area contributed by atoms with Gasteiger partial charge in [0.2, 0.25) is 0 Å². The number of aliphatic hydroxyl groups excluding tert-OH is 1. The van der Waals surface area contributed by atoms with Crippen LogP contribution in [0.25, 0.3) is 0 Å². The Balaban J connectivity index is 2.08. The fraction of sp³-hybridized carbons (Fsp3) is 0.385. The molecule has 1 aliphatic rings. The topological polar surface area (TPSA) is 110 Å². The van der Waals surface area contributed by atoms with Crippen LogP contribution in [0.3, 0.4) is 0 Å². The van der Waals surface area contributed by atoms with Gasteiger partial charge in [0.15, 0.2) is 0 Å². The number of amides is 2. The number of carboxylic acid groups (broad SMARTS) is 1. The number of hydrogen-bond donors (Lipinski definition) is 4. The Hall–Kier alpha value is -2.28. The second-order valence-electron chi connectivity index (χ2n) is 4.62. The Labute approximate surface area is 115 Å². The molecule has 1 fully saturated rings. The highest BCUT2D eigenvalue weighted by Gasteiger charge is 2.32. The number of carbonyl (C=O) groups excluding carboxylic acids is 1. The van der Waals surface area contributed by atoms with Gasteiger partial charge in [-0.2, -0.15) is 0 Å². The first kappa shape index (κ1) is 14.1. The van der Waals surface area contributed by atoms with Crippen molar-refractivity contribution in [2.75, 3.05) is 18.5 Å². The average molecular weight is 280 g/mol. The van der Waals surface area contributed by atoms with Crippen LogP contribution in [0.5, 0.6) is 5.75 Å². The molecule has 1 saturated carbocycles. The summed E-state index contributed by atoms with van der Waals surface area (Å²) in [7, 11) is 0. The van der Waals surface area contributed by atoms with Crippen molar-refractivity contribution < 1.29 is 24.9 Å². The van der Waals surface area contributed by atoms with Crippen molar-refractivity contribution >= 4 is 17.7 Å². The summed E-state index contributed by atoms with van der Waals surface area (Å²) in [5.74, 6) is -1.46. The average Bonchev–Trinajstić information content (AvgIpc) is 3.22. The van der Waals surface area contributed by atoms with E-state index in [0.29, 0.717) is 0 Å². The zero-order valence-electron chi connectivity index (χ0n) is 10.7. The predicted octanol–water partition coefficient (Wildman–Crippen LogP) is 1.08. The molecular formula is C13H16N2O5. The molecule has 0 aliphatic heterocycles. The van der Waals surface area contributed by atoms with Gasteiger partial charge < -0.3 is 25.5 Å². The number of aromatic hydroxyl groups is 1. The number of nitrogens with zero attached hydrogens (tertiary/aromatic N) is 1. The summed E-state index contributed by atoms with van der Waals surface area (Å²) < 4.78 is 0. The number of anilines is 1. The van der Waals surface area contributed by atoms with Crippen molar-refractivity contribution in [2.45, 2.75) is 18.9 Å². The van der Waals surface area contributed by atoms with E-state index in [1.807, 2.05) is 0 Å². The number of nitrogens with one attached hydrogen (secondary N) is 1. The molecule has 0 atom stereocenters. The standard InChI is InChI=1S/C13H16N2O5/c16-6-5-15(9-2-3-9)13(20)14-10-4-1-8(12(18)19)7-11(10)17/h1,4,7,9,16-17H,2-3,5-6H2,(H,14,20)(H,18,19). The molecule has 1 aromatic rings. The van der Waals surface area contributed by atoms with Crippen LogP contribution in [-0.2, 0) is 0 Å². The number of carbonyl (C=O) groups is 2. The van der Waals surface area contributed by atoms with E-state index in [2.05, 4.69) is 5.32 Å². The van der Waals surface area contributed by atoms with Crippen LogP contribution in [0, 0.1) is 0 Å². The molecule has 0 aromatic heterocycles. The van der Waals surface area contributed by atoms with Crippen molar-refractivity contribution in [3.63, 3.8) is 0 Å². The number of urea groups is 1. The summed E-state index contributed by atoms with van der Waals surface area (Å²) in [5, 5.41) is 30.0. The summed E-state index contributed by atoms with van der Waals surface area (Å²) in [6, 6.07) is 3.42. The molecule has 0 radical (unpaired) electrons. The minimum Gasteiger partial charge on any atom is -0.506 e. The summed E-state index contributed by atoms with van der Waals surface area (Å²) in [6.45, 7) is 0.0956. The molecule has 0 saturated heterocycles. The highest BCUT2D eigenvalue weighted by molar-refractivity contribution is 5.93. The van der Waals surface area contributed by atoms with Crippen molar-refractivity contribution in [1.82, 2.24) is 4.90 Å². The smallest absolute Gasteiger partial charge is 0.335 e. The second kappa shape index (κ2) is 5.79. The number of phenolic OH excluding ortho intramolecular Hbond substituents is 1. The molecule has 7 heteroatoms. The number of rotatable bonds is 5. The summed E-state index contributed by atoms with van der Waals surface area (Å²) in [6.07, 6.45) is 1.80. The van der Waals surface area contributed by atoms with E-state index in [9.17, 15) is 14.7 Å². The number of aliphatic hydroxyl groups is 1. The summed E-state index contributed by atoms with van der Waals surface area (Å²) >= 11 is 0. The summed E-state index contributed by atoms with van der Waals surface area (Å²) in [4.78, 5) is 24.3. The Morgan fingerprint density at radius 3 is 2.55 bits per heavy atom. The summed E-state index contributed by atoms with van der Waals surface area (Å²) in [5.41, 5.74) is 0.0819. The molecule has 0 bridgehead atoms. The Kier molecular flexibility index (Phi) is 4.09. The van der Waals surface area contributed by atoms with Crippen LogP contribution < -0.4 is 5.32 Å². The van der Waals surface area contributed by atoms with Gasteiger partial charge in [-0.25, -0.2) is 9.59 Å². The van der Waals surface area contributed by atoms with Crippen LogP contribution in [0.2, 0.25) is 0 Å². The van der Waals surface area contributed by atoms with E-state index in [1.165, 1.54) is 17.0 Å². The van der Waals surface area contributed by atoms with Crippen LogP contribution >= 0.6 is 0 Å². The molecule has 7 nitrogen and oxygen atoms in total. The maximum atomic E-state index is 12.0. The van der Waals surface area contributed by atoms with Crippen molar-refractivity contribution in [2.24, 2.45) is 0 Å². The van der Waals surface area contributed by atoms with Crippen LogP contribution in [-0.4, -0.2) is 51.4 Å². The molecule has 2 rings (SSSR count). The van der Waals surface area contributed by atoms with E-state index in [4.69, 9.17) is 10.2 Å². The van der Waals surface area contributed by atoms with Gasteiger partial charge in [-0.3, -0.25) is 0 Å². The lowest BCUT2D eigenvalue weighted by Crippen LogP contribution is -2.38. The Morgan fingerprint density at radius 2 is 2.05 bits per heavy atom. The van der Waals surface area contributed by atoms with Gasteiger partial charge in [0.1, 0.15) is 5.75 Å². The molecule has 4 N–H and O–H groups in total. The SMILES string of the molecule is O=C(O)c1ccc(NC(=O)N(CCO)C2CC2)c(O)c1. The zero-order chi connectivity index (χ0) is 14.7. The first-order chi connectivity index (χ1) is 9.52. The maximum Gasteiger partial charge on any atom is 0.335 e. The highest BCUT2D eigenvalue weighted by atomic mass is 16.4. The maximum absolute atomic E-state index is 12.0.